The van der Waals surface area contributed by atoms with Gasteiger partial charge < -0.3 is 19.5 Å². The van der Waals surface area contributed by atoms with Gasteiger partial charge in [0, 0.05) is 31.8 Å². The third kappa shape index (κ3) is 3.42. The Hall–Kier alpha value is -3.43. The van der Waals surface area contributed by atoms with Crippen LogP contribution in [0.1, 0.15) is 13.8 Å². The zero-order chi connectivity index (χ0) is 18.0. The lowest BCUT2D eigenvalue weighted by molar-refractivity contribution is -0.222. The standard InChI is InChI=1S/C15H15N5O5/c1-15(2)24-13(21)10(14(22)25-15)7-16-9-4-5-11(12(6-9)23-3)20-8-17-18-19-20/h4-8,16H,1-3H3. The molecule has 0 radical (unpaired) electrons. The Morgan fingerprint density at radius 1 is 1.24 bits per heavy atom. The van der Waals surface area contributed by atoms with Crippen LogP contribution < -0.4 is 10.1 Å². The van der Waals surface area contributed by atoms with Gasteiger partial charge in [-0.05, 0) is 22.6 Å². The van der Waals surface area contributed by atoms with Crippen molar-refractivity contribution >= 4 is 17.6 Å². The molecule has 0 spiro atoms. The van der Waals surface area contributed by atoms with Crippen LogP contribution >= 0.6 is 0 Å². The molecule has 1 saturated heterocycles. The Bertz CT molecular complexity index is 822. The van der Waals surface area contributed by atoms with Crippen LogP contribution in [0.3, 0.4) is 0 Å². The van der Waals surface area contributed by atoms with Crippen molar-refractivity contribution in [2.45, 2.75) is 19.6 Å². The quantitative estimate of drug-likeness (QED) is 0.488. The molecule has 3 rings (SSSR count). The summed E-state index contributed by atoms with van der Waals surface area (Å²) in [5.41, 5.74) is 0.971. The second kappa shape index (κ2) is 6.23. The molecular formula is C15H15N5O5. The second-order valence-electron chi connectivity index (χ2n) is 5.52. The maximum absolute atomic E-state index is 11.9. The lowest BCUT2D eigenvalue weighted by atomic mass is 10.2. The highest BCUT2D eigenvalue weighted by Gasteiger charge is 2.38. The molecule has 1 N–H and O–H groups in total. The number of tetrazole rings is 1. The number of hydrogen-bond acceptors (Lipinski definition) is 9. The van der Waals surface area contributed by atoms with E-state index in [0.29, 0.717) is 17.1 Å². The van der Waals surface area contributed by atoms with Crippen LogP contribution in [0, 0.1) is 0 Å². The van der Waals surface area contributed by atoms with Gasteiger partial charge in [-0.2, -0.15) is 4.68 Å². The highest BCUT2D eigenvalue weighted by molar-refractivity contribution is 6.15. The number of esters is 2. The Balaban J connectivity index is 1.82. The van der Waals surface area contributed by atoms with E-state index in [1.807, 2.05) is 0 Å². The van der Waals surface area contributed by atoms with Crippen LogP contribution in [-0.2, 0) is 19.1 Å². The molecule has 0 saturated carbocycles. The topological polar surface area (TPSA) is 117 Å². The summed E-state index contributed by atoms with van der Waals surface area (Å²) in [6, 6.07) is 5.09. The van der Waals surface area contributed by atoms with E-state index < -0.39 is 17.7 Å². The molecular weight excluding hydrogens is 330 g/mol. The Labute approximate surface area is 142 Å². The minimum absolute atomic E-state index is 0.233. The number of aromatic nitrogens is 4. The summed E-state index contributed by atoms with van der Waals surface area (Å²) in [6.45, 7) is 2.96. The van der Waals surface area contributed by atoms with E-state index in [-0.39, 0.29) is 5.57 Å². The maximum Gasteiger partial charge on any atom is 0.350 e. The van der Waals surface area contributed by atoms with E-state index in [2.05, 4.69) is 20.8 Å². The van der Waals surface area contributed by atoms with Crippen molar-refractivity contribution in [2.75, 3.05) is 12.4 Å². The number of cyclic esters (lactones) is 2. The number of ether oxygens (including phenoxy) is 3. The zero-order valence-corrected chi connectivity index (χ0v) is 13.7. The SMILES string of the molecule is COc1cc(NC=C2C(=O)OC(C)(C)OC2=O)ccc1-n1cnnn1. The number of nitrogens with zero attached hydrogens (tertiary/aromatic N) is 4. The van der Waals surface area contributed by atoms with Crippen molar-refractivity contribution in [3.05, 3.63) is 36.3 Å². The van der Waals surface area contributed by atoms with Crippen LogP contribution in [0.5, 0.6) is 5.75 Å². The first-order valence-electron chi connectivity index (χ1n) is 7.24. The molecule has 1 aliphatic rings. The average Bonchev–Trinajstić information content (AvgIpc) is 3.07. The van der Waals surface area contributed by atoms with E-state index in [0.717, 1.165) is 0 Å². The van der Waals surface area contributed by atoms with Crippen molar-refractivity contribution in [3.8, 4) is 11.4 Å². The molecule has 1 aromatic heterocycles. The molecule has 0 amide bonds. The fraction of sp³-hybridized carbons (Fsp3) is 0.267. The number of carbonyl (C=O) groups excluding carboxylic acids is 2. The molecule has 1 aromatic carbocycles. The van der Waals surface area contributed by atoms with Gasteiger partial charge in [-0.15, -0.1) is 5.10 Å². The van der Waals surface area contributed by atoms with Gasteiger partial charge in [0.1, 0.15) is 17.8 Å². The number of anilines is 1. The van der Waals surface area contributed by atoms with Crippen molar-refractivity contribution in [3.63, 3.8) is 0 Å². The molecule has 10 heteroatoms. The lowest BCUT2D eigenvalue weighted by Gasteiger charge is -2.29. The van der Waals surface area contributed by atoms with Gasteiger partial charge in [0.05, 0.1) is 7.11 Å². The molecule has 0 aliphatic carbocycles. The van der Waals surface area contributed by atoms with Gasteiger partial charge in [-0.25, -0.2) is 9.59 Å². The minimum Gasteiger partial charge on any atom is -0.494 e. The van der Waals surface area contributed by atoms with Crippen molar-refractivity contribution in [1.82, 2.24) is 20.2 Å². The molecule has 25 heavy (non-hydrogen) atoms. The van der Waals surface area contributed by atoms with Crippen LogP contribution in [-0.4, -0.2) is 45.0 Å². The fourth-order valence-corrected chi connectivity index (χ4v) is 2.16. The van der Waals surface area contributed by atoms with Crippen LogP contribution in [0.2, 0.25) is 0 Å². The third-order valence-electron chi connectivity index (χ3n) is 3.28. The summed E-state index contributed by atoms with van der Waals surface area (Å²) in [5, 5.41) is 13.8. The van der Waals surface area contributed by atoms with Gasteiger partial charge in [0.25, 0.3) is 5.79 Å². The number of carbonyl (C=O) groups is 2. The maximum atomic E-state index is 11.9. The predicted octanol–water partition coefficient (Wildman–Crippen LogP) is 0.803. The number of nitrogens with one attached hydrogen (secondary N) is 1. The molecule has 0 atom stereocenters. The Morgan fingerprint density at radius 2 is 1.96 bits per heavy atom. The highest BCUT2D eigenvalue weighted by Crippen LogP contribution is 2.27. The van der Waals surface area contributed by atoms with E-state index in [1.54, 1.807) is 18.2 Å². The van der Waals surface area contributed by atoms with E-state index in [1.165, 1.54) is 38.2 Å². The van der Waals surface area contributed by atoms with Gasteiger partial charge in [0.15, 0.2) is 5.57 Å². The molecule has 2 aromatic rings. The highest BCUT2D eigenvalue weighted by atomic mass is 16.7. The van der Waals surface area contributed by atoms with Gasteiger partial charge in [0.2, 0.25) is 0 Å². The largest absolute Gasteiger partial charge is 0.494 e. The molecule has 130 valence electrons. The summed E-state index contributed by atoms with van der Waals surface area (Å²) < 4.78 is 16.8. The summed E-state index contributed by atoms with van der Waals surface area (Å²) >= 11 is 0. The van der Waals surface area contributed by atoms with E-state index in [4.69, 9.17) is 14.2 Å². The Kier molecular flexibility index (Phi) is 4.09. The molecule has 10 nitrogen and oxygen atoms in total. The second-order valence-corrected chi connectivity index (χ2v) is 5.52. The van der Waals surface area contributed by atoms with Crippen molar-refractivity contribution < 1.29 is 23.8 Å². The molecule has 1 aliphatic heterocycles. The number of hydrogen-bond donors (Lipinski definition) is 1. The molecule has 2 heterocycles. The first kappa shape index (κ1) is 16.4. The van der Waals surface area contributed by atoms with Gasteiger partial charge >= 0.3 is 11.9 Å². The number of methoxy groups -OCH3 is 1. The molecule has 1 fully saturated rings. The van der Waals surface area contributed by atoms with Crippen molar-refractivity contribution in [2.24, 2.45) is 0 Å². The normalized spacial score (nSPS) is 16.0. The monoisotopic (exact) mass is 345 g/mol. The van der Waals surface area contributed by atoms with Crippen LogP contribution in [0.15, 0.2) is 36.3 Å². The third-order valence-corrected chi connectivity index (χ3v) is 3.28. The summed E-state index contributed by atoms with van der Waals surface area (Å²) in [5.74, 6) is -2.30. The van der Waals surface area contributed by atoms with Crippen LogP contribution in [0.4, 0.5) is 5.69 Å². The number of rotatable bonds is 4. The van der Waals surface area contributed by atoms with E-state index in [9.17, 15) is 9.59 Å². The minimum atomic E-state index is -1.28. The summed E-state index contributed by atoms with van der Waals surface area (Å²) in [4.78, 5) is 23.8. The first-order valence-corrected chi connectivity index (χ1v) is 7.24. The molecule has 0 unspecified atom stereocenters. The van der Waals surface area contributed by atoms with Crippen LogP contribution in [0.25, 0.3) is 5.69 Å². The molecule has 0 bridgehead atoms. The Morgan fingerprint density at radius 3 is 2.56 bits per heavy atom. The fourth-order valence-electron chi connectivity index (χ4n) is 2.16. The van der Waals surface area contributed by atoms with E-state index >= 15 is 0 Å². The average molecular weight is 345 g/mol. The lowest BCUT2D eigenvalue weighted by Crippen LogP contribution is -2.42. The number of benzene rings is 1. The summed E-state index contributed by atoms with van der Waals surface area (Å²) in [7, 11) is 1.50. The zero-order valence-electron chi connectivity index (χ0n) is 13.7. The van der Waals surface area contributed by atoms with Gasteiger partial charge in [-0.3, -0.25) is 0 Å². The summed E-state index contributed by atoms with van der Waals surface area (Å²) in [6.07, 6.45) is 2.66. The van der Waals surface area contributed by atoms with Crippen molar-refractivity contribution in [1.29, 1.82) is 0 Å². The first-order chi connectivity index (χ1) is 11.9. The smallest absolute Gasteiger partial charge is 0.350 e. The predicted molar refractivity (Wildman–Crippen MR) is 83.7 cm³/mol. The van der Waals surface area contributed by atoms with Gasteiger partial charge in [-0.1, -0.05) is 0 Å².